The molecule has 0 saturated carbocycles. The highest BCUT2D eigenvalue weighted by molar-refractivity contribution is 7.89. The Morgan fingerprint density at radius 1 is 0.867 bits per heavy atom. The van der Waals surface area contributed by atoms with Crippen LogP contribution in [-0.4, -0.2) is 54.6 Å². The summed E-state index contributed by atoms with van der Waals surface area (Å²) in [4.78, 5) is 33.8. The predicted octanol–water partition coefficient (Wildman–Crippen LogP) is 4.89. The van der Waals surface area contributed by atoms with Gasteiger partial charge in [-0.25, -0.2) is 8.42 Å². The van der Waals surface area contributed by atoms with Crippen LogP contribution in [-0.2, 0) is 39.1 Å². The van der Waals surface area contributed by atoms with E-state index in [-0.39, 0.29) is 29.7 Å². The zero-order valence-corrected chi connectivity index (χ0v) is 26.2. The second kappa shape index (κ2) is 15.0. The number of ether oxygens (including phenoxy) is 1. The van der Waals surface area contributed by atoms with Crippen LogP contribution in [0.3, 0.4) is 0 Å². The Balaban J connectivity index is 1.38. The molecule has 0 aliphatic carbocycles. The third kappa shape index (κ3) is 8.14. The number of hydrogen-bond acceptors (Lipinski definition) is 6. The molecule has 1 N–H and O–H groups in total. The molecule has 0 radical (unpaired) electrons. The second-order valence-corrected chi connectivity index (χ2v) is 12.9. The number of nitrogens with one attached hydrogen (secondary N) is 1. The highest BCUT2D eigenvalue weighted by atomic mass is 32.2. The molecule has 0 bridgehead atoms. The van der Waals surface area contributed by atoms with Crippen molar-refractivity contribution in [3.8, 4) is 5.75 Å². The largest absolute Gasteiger partial charge is 0.497 e. The van der Waals surface area contributed by atoms with Crippen molar-refractivity contribution >= 4 is 21.8 Å². The lowest BCUT2D eigenvalue weighted by molar-refractivity contribution is -0.141. The first-order valence-corrected chi connectivity index (χ1v) is 16.5. The lowest BCUT2D eigenvalue weighted by atomic mass is 10.0. The van der Waals surface area contributed by atoms with Crippen LogP contribution in [0.1, 0.15) is 47.6 Å². The predicted molar refractivity (Wildman–Crippen MR) is 172 cm³/mol. The van der Waals surface area contributed by atoms with Gasteiger partial charge < -0.3 is 15.0 Å². The number of amides is 2. The topological polar surface area (TPSA) is 109 Å². The van der Waals surface area contributed by atoms with Crippen molar-refractivity contribution in [3.63, 3.8) is 0 Å². The molecule has 234 valence electrons. The number of sulfonamides is 1. The average molecular weight is 627 g/mol. The van der Waals surface area contributed by atoms with Crippen LogP contribution in [0.2, 0.25) is 0 Å². The summed E-state index contributed by atoms with van der Waals surface area (Å²) in [6, 6.07) is 26.3. The van der Waals surface area contributed by atoms with Crippen molar-refractivity contribution in [3.05, 3.63) is 126 Å². The van der Waals surface area contributed by atoms with Gasteiger partial charge >= 0.3 is 0 Å². The molecule has 1 saturated heterocycles. The Bertz CT molecular complexity index is 1660. The smallest absolute Gasteiger partial charge is 0.247 e. The quantitative estimate of drug-likeness (QED) is 0.226. The minimum absolute atomic E-state index is 0.134. The van der Waals surface area contributed by atoms with Crippen molar-refractivity contribution in [1.82, 2.24) is 19.5 Å². The summed E-state index contributed by atoms with van der Waals surface area (Å²) in [7, 11) is -1.92. The molecule has 1 atom stereocenters. The third-order valence-corrected chi connectivity index (χ3v) is 9.89. The van der Waals surface area contributed by atoms with E-state index < -0.39 is 16.1 Å². The molecule has 1 aliphatic heterocycles. The number of pyridine rings is 1. The summed E-state index contributed by atoms with van der Waals surface area (Å²) in [6.07, 6.45) is 5.61. The molecular weight excluding hydrogens is 588 g/mol. The van der Waals surface area contributed by atoms with Crippen LogP contribution in [0.5, 0.6) is 5.75 Å². The van der Waals surface area contributed by atoms with Gasteiger partial charge in [0.25, 0.3) is 0 Å². The molecule has 1 fully saturated rings. The number of nitrogens with zero attached hydrogens (tertiary/aromatic N) is 3. The molecule has 9 nitrogen and oxygen atoms in total. The molecule has 2 heterocycles. The first-order chi connectivity index (χ1) is 21.8. The van der Waals surface area contributed by atoms with Crippen LogP contribution in [0.15, 0.2) is 108 Å². The number of aryl methyl sites for hydroxylation is 1. The lowest BCUT2D eigenvalue weighted by Gasteiger charge is -2.32. The molecule has 2 amide bonds. The number of rotatable bonds is 13. The molecule has 1 aromatic heterocycles. The Kier molecular flexibility index (Phi) is 10.6. The van der Waals surface area contributed by atoms with E-state index in [1.807, 2.05) is 66.7 Å². The van der Waals surface area contributed by atoms with Gasteiger partial charge in [-0.3, -0.25) is 14.6 Å². The Hall–Kier alpha value is -4.54. The van der Waals surface area contributed by atoms with Gasteiger partial charge in [-0.15, -0.1) is 0 Å². The number of hydrogen-bond donors (Lipinski definition) is 1. The van der Waals surface area contributed by atoms with E-state index in [4.69, 9.17) is 4.74 Å². The van der Waals surface area contributed by atoms with E-state index in [1.165, 1.54) is 4.31 Å². The maximum atomic E-state index is 14.0. The maximum Gasteiger partial charge on any atom is 0.247 e. The van der Waals surface area contributed by atoms with Gasteiger partial charge in [0.1, 0.15) is 11.8 Å². The minimum atomic E-state index is -3.52. The van der Waals surface area contributed by atoms with E-state index in [2.05, 4.69) is 10.3 Å². The highest BCUT2D eigenvalue weighted by Gasteiger charge is 2.31. The zero-order chi connectivity index (χ0) is 31.6. The summed E-state index contributed by atoms with van der Waals surface area (Å²) in [5, 5.41) is 3.01. The Labute approximate surface area is 264 Å². The van der Waals surface area contributed by atoms with E-state index in [9.17, 15) is 18.0 Å². The van der Waals surface area contributed by atoms with Gasteiger partial charge in [0.15, 0.2) is 0 Å². The van der Waals surface area contributed by atoms with E-state index in [0.29, 0.717) is 37.4 Å². The number of aromatic nitrogens is 1. The summed E-state index contributed by atoms with van der Waals surface area (Å²) >= 11 is 0. The van der Waals surface area contributed by atoms with Gasteiger partial charge in [-0.1, -0.05) is 54.6 Å². The van der Waals surface area contributed by atoms with Crippen molar-refractivity contribution in [2.45, 2.75) is 49.7 Å². The first kappa shape index (κ1) is 31.9. The third-order valence-electron chi connectivity index (χ3n) is 7.98. The molecular formula is C35H38N4O5S. The summed E-state index contributed by atoms with van der Waals surface area (Å²) in [5.41, 5.74) is 3.28. The second-order valence-electron chi connectivity index (χ2n) is 11.0. The Morgan fingerprint density at radius 2 is 1.51 bits per heavy atom. The fraction of sp³-hybridized carbons (Fsp3) is 0.286. The first-order valence-electron chi connectivity index (χ1n) is 15.1. The maximum absolute atomic E-state index is 14.0. The number of methoxy groups -OCH3 is 1. The van der Waals surface area contributed by atoms with Gasteiger partial charge in [0.05, 0.1) is 12.0 Å². The minimum Gasteiger partial charge on any atom is -0.497 e. The monoisotopic (exact) mass is 626 g/mol. The van der Waals surface area contributed by atoms with Gasteiger partial charge in [0, 0.05) is 45.0 Å². The van der Waals surface area contributed by atoms with Crippen LogP contribution >= 0.6 is 0 Å². The molecule has 45 heavy (non-hydrogen) atoms. The average Bonchev–Trinajstić information content (AvgIpc) is 3.64. The fourth-order valence-corrected chi connectivity index (χ4v) is 6.96. The Morgan fingerprint density at radius 3 is 2.16 bits per heavy atom. The number of carbonyl (C=O) groups is 2. The number of benzene rings is 3. The van der Waals surface area contributed by atoms with Crippen molar-refractivity contribution < 1.29 is 22.7 Å². The normalized spacial score (nSPS) is 14.1. The van der Waals surface area contributed by atoms with E-state index in [0.717, 1.165) is 29.5 Å². The van der Waals surface area contributed by atoms with Gasteiger partial charge in [-0.05, 0) is 77.9 Å². The lowest BCUT2D eigenvalue weighted by Crippen LogP contribution is -2.43. The molecule has 1 aliphatic rings. The standard InChI is InChI=1S/C35H38N4O5S/c1-44-31-14-9-29(10-15-31)26-39(34(30-7-3-2-4-8-30)35(41)37-25-28-19-21-36-22-20-28)33(40)18-13-27-11-16-32(17-12-27)45(42,43)38-23-5-6-24-38/h2-4,7-12,14-17,19-22,34H,5-6,13,18,23-26H2,1H3,(H,37,41)/t34-/m1/s1. The van der Waals surface area contributed by atoms with Gasteiger partial charge in [-0.2, -0.15) is 4.31 Å². The van der Waals surface area contributed by atoms with Crippen LogP contribution in [0, 0.1) is 0 Å². The van der Waals surface area contributed by atoms with Crippen LogP contribution < -0.4 is 10.1 Å². The van der Waals surface area contributed by atoms with Crippen molar-refractivity contribution in [1.29, 1.82) is 0 Å². The SMILES string of the molecule is COc1ccc(CN(C(=O)CCc2ccc(S(=O)(=O)N3CCCC3)cc2)[C@@H](C(=O)NCc2ccncc2)c2ccccc2)cc1. The number of carbonyl (C=O) groups excluding carboxylic acids is 2. The molecule has 3 aromatic carbocycles. The zero-order valence-electron chi connectivity index (χ0n) is 25.3. The van der Waals surface area contributed by atoms with Crippen LogP contribution in [0.4, 0.5) is 0 Å². The van der Waals surface area contributed by atoms with Gasteiger partial charge in [0.2, 0.25) is 21.8 Å². The van der Waals surface area contributed by atoms with Crippen molar-refractivity contribution in [2.75, 3.05) is 20.2 Å². The van der Waals surface area contributed by atoms with E-state index >= 15 is 0 Å². The fourth-order valence-electron chi connectivity index (χ4n) is 5.45. The summed E-state index contributed by atoms with van der Waals surface area (Å²) in [5.74, 6) is 0.199. The highest BCUT2D eigenvalue weighted by Crippen LogP contribution is 2.27. The molecule has 0 spiro atoms. The summed E-state index contributed by atoms with van der Waals surface area (Å²) in [6.45, 7) is 1.59. The van der Waals surface area contributed by atoms with Crippen LogP contribution in [0.25, 0.3) is 0 Å². The van der Waals surface area contributed by atoms with E-state index in [1.54, 1.807) is 48.7 Å². The molecule has 5 rings (SSSR count). The molecule has 4 aromatic rings. The summed E-state index contributed by atoms with van der Waals surface area (Å²) < 4.78 is 32.7. The molecule has 10 heteroatoms. The van der Waals surface area contributed by atoms with Crippen molar-refractivity contribution in [2.24, 2.45) is 0 Å². The molecule has 0 unspecified atom stereocenters.